The van der Waals surface area contributed by atoms with E-state index in [0.29, 0.717) is 15.8 Å². The summed E-state index contributed by atoms with van der Waals surface area (Å²) in [7, 11) is 0. The van der Waals surface area contributed by atoms with Crippen LogP contribution in [0, 0.1) is 6.92 Å². The number of carbonyl (C=O) groups is 3. The van der Waals surface area contributed by atoms with Crippen molar-refractivity contribution in [2.75, 3.05) is 6.54 Å². The first-order valence-corrected chi connectivity index (χ1v) is 8.15. The van der Waals surface area contributed by atoms with Crippen molar-refractivity contribution in [2.45, 2.75) is 16.9 Å². The van der Waals surface area contributed by atoms with Gasteiger partial charge in [-0.25, -0.2) is 9.69 Å². The molecule has 1 saturated heterocycles. The minimum absolute atomic E-state index is 0.0208. The monoisotopic (exact) mass is 358 g/mol. The Labute approximate surface area is 147 Å². The third-order valence-electron chi connectivity index (χ3n) is 3.38. The molecule has 3 amide bonds. The van der Waals surface area contributed by atoms with Crippen LogP contribution >= 0.6 is 11.8 Å². The van der Waals surface area contributed by atoms with Gasteiger partial charge in [0.1, 0.15) is 18.0 Å². The summed E-state index contributed by atoms with van der Waals surface area (Å²) in [6.45, 7) is 1.32. The molecule has 0 atom stereocenters. The number of carbonyl (C=O) groups excluding carboxylic acids is 2. The number of imide groups is 1. The van der Waals surface area contributed by atoms with E-state index in [4.69, 9.17) is 9.52 Å². The van der Waals surface area contributed by atoms with Crippen molar-refractivity contribution in [2.24, 2.45) is 0 Å². The van der Waals surface area contributed by atoms with Gasteiger partial charge in [-0.2, -0.15) is 0 Å². The van der Waals surface area contributed by atoms with Gasteiger partial charge in [-0.05, 0) is 31.2 Å². The van der Waals surface area contributed by atoms with E-state index in [9.17, 15) is 14.4 Å². The Bertz CT molecular complexity index is 869. The molecule has 25 heavy (non-hydrogen) atoms. The molecule has 1 aliphatic rings. The van der Waals surface area contributed by atoms with Crippen molar-refractivity contribution < 1.29 is 23.9 Å². The predicted molar refractivity (Wildman–Crippen MR) is 89.9 cm³/mol. The topological polar surface area (TPSA) is 99.9 Å². The van der Waals surface area contributed by atoms with Crippen molar-refractivity contribution in [1.29, 1.82) is 0 Å². The summed E-state index contributed by atoms with van der Waals surface area (Å²) in [6.07, 6.45) is 1.38. The zero-order valence-corrected chi connectivity index (χ0v) is 14.0. The zero-order chi connectivity index (χ0) is 18.0. The number of urea groups is 1. The van der Waals surface area contributed by atoms with Crippen molar-refractivity contribution in [1.82, 2.24) is 10.2 Å². The molecule has 2 N–H and O–H groups in total. The molecule has 0 unspecified atom stereocenters. The molecule has 8 heteroatoms. The normalized spacial score (nSPS) is 15.7. The molecule has 0 bridgehead atoms. The summed E-state index contributed by atoms with van der Waals surface area (Å²) in [5, 5.41) is 11.7. The average Bonchev–Trinajstić information content (AvgIpc) is 3.09. The van der Waals surface area contributed by atoms with Gasteiger partial charge in [0.2, 0.25) is 0 Å². The average molecular weight is 358 g/mol. The van der Waals surface area contributed by atoms with Crippen LogP contribution in [0.15, 0.2) is 56.5 Å². The van der Waals surface area contributed by atoms with Crippen LogP contribution < -0.4 is 5.32 Å². The van der Waals surface area contributed by atoms with E-state index in [1.165, 1.54) is 17.8 Å². The summed E-state index contributed by atoms with van der Waals surface area (Å²) in [5.41, 5.74) is 1.14. The number of nitrogens with zero attached hydrogens (tertiary/aromatic N) is 1. The molecule has 1 aliphatic heterocycles. The zero-order valence-electron chi connectivity index (χ0n) is 13.2. The van der Waals surface area contributed by atoms with Gasteiger partial charge in [0.05, 0.1) is 0 Å². The maximum Gasteiger partial charge on any atom is 0.329 e. The van der Waals surface area contributed by atoms with E-state index in [2.05, 4.69) is 5.32 Å². The number of amides is 3. The Morgan fingerprint density at radius 2 is 1.96 bits per heavy atom. The maximum absolute atomic E-state index is 12.0. The highest BCUT2D eigenvalue weighted by Crippen LogP contribution is 2.30. The molecule has 1 aromatic carbocycles. The SMILES string of the molecule is Cc1ccc(Sc2ccc(/C=C3/NC(=O)N(CC(=O)O)C3=O)o2)cc1. The first kappa shape index (κ1) is 16.8. The summed E-state index contributed by atoms with van der Waals surface area (Å²) >= 11 is 1.43. The number of hydrogen-bond acceptors (Lipinski definition) is 5. The number of hydrogen-bond donors (Lipinski definition) is 2. The molecule has 1 aromatic heterocycles. The Kier molecular flexibility index (Phi) is 4.62. The number of nitrogens with one attached hydrogen (secondary N) is 1. The number of aryl methyl sites for hydroxylation is 1. The summed E-state index contributed by atoms with van der Waals surface area (Å²) < 4.78 is 5.63. The van der Waals surface area contributed by atoms with Gasteiger partial charge in [-0.1, -0.05) is 29.5 Å². The molecule has 0 spiro atoms. The second-order valence-corrected chi connectivity index (χ2v) is 6.42. The lowest BCUT2D eigenvalue weighted by Crippen LogP contribution is -2.35. The lowest BCUT2D eigenvalue weighted by atomic mass is 10.2. The van der Waals surface area contributed by atoms with Gasteiger partial charge in [0, 0.05) is 11.0 Å². The third kappa shape index (κ3) is 3.92. The smallest absolute Gasteiger partial charge is 0.329 e. The quantitative estimate of drug-likeness (QED) is 0.630. The van der Waals surface area contributed by atoms with E-state index in [1.807, 2.05) is 31.2 Å². The molecule has 2 aromatic rings. The van der Waals surface area contributed by atoms with Gasteiger partial charge >= 0.3 is 12.0 Å². The second-order valence-electron chi connectivity index (χ2n) is 5.35. The number of benzene rings is 1. The molecule has 7 nitrogen and oxygen atoms in total. The van der Waals surface area contributed by atoms with Gasteiger partial charge in [-0.15, -0.1) is 0 Å². The number of furan rings is 1. The molecule has 128 valence electrons. The van der Waals surface area contributed by atoms with Crippen LogP contribution in [0.5, 0.6) is 0 Å². The van der Waals surface area contributed by atoms with Crippen molar-refractivity contribution >= 4 is 35.7 Å². The van der Waals surface area contributed by atoms with Crippen LogP contribution in [-0.4, -0.2) is 34.5 Å². The second kappa shape index (κ2) is 6.86. The molecule has 0 saturated carbocycles. The Morgan fingerprint density at radius 1 is 1.24 bits per heavy atom. The lowest BCUT2D eigenvalue weighted by Gasteiger charge is -2.06. The van der Waals surface area contributed by atoms with E-state index < -0.39 is 24.5 Å². The van der Waals surface area contributed by atoms with Crippen LogP contribution in [-0.2, 0) is 9.59 Å². The summed E-state index contributed by atoms with van der Waals surface area (Å²) in [5.74, 6) is -1.58. The number of aliphatic carboxylic acids is 1. The van der Waals surface area contributed by atoms with Gasteiger partial charge < -0.3 is 14.8 Å². The van der Waals surface area contributed by atoms with E-state index in [1.54, 1.807) is 12.1 Å². The van der Waals surface area contributed by atoms with E-state index in [-0.39, 0.29) is 5.70 Å². The highest BCUT2D eigenvalue weighted by Gasteiger charge is 2.35. The standard InChI is InChI=1S/C17H14N2O5S/c1-10-2-5-12(6-3-10)25-15-7-4-11(24-15)8-13-16(22)19(9-14(20)21)17(23)18-13/h2-8H,9H2,1H3,(H,18,23)(H,20,21)/b13-8+. The Morgan fingerprint density at radius 3 is 2.64 bits per heavy atom. The first-order chi connectivity index (χ1) is 11.9. The van der Waals surface area contributed by atoms with Crippen LogP contribution in [0.4, 0.5) is 4.79 Å². The van der Waals surface area contributed by atoms with Gasteiger partial charge in [0.25, 0.3) is 5.91 Å². The first-order valence-electron chi connectivity index (χ1n) is 7.33. The minimum Gasteiger partial charge on any atom is -0.480 e. The molecular formula is C17H14N2O5S. The number of carboxylic acids is 1. The molecule has 0 aliphatic carbocycles. The fourth-order valence-corrected chi connectivity index (χ4v) is 2.96. The Balaban J connectivity index is 1.73. The molecule has 0 radical (unpaired) electrons. The number of rotatable bonds is 5. The van der Waals surface area contributed by atoms with Crippen molar-refractivity contribution in [3.8, 4) is 0 Å². The predicted octanol–water partition coefficient (Wildman–Crippen LogP) is 2.72. The van der Waals surface area contributed by atoms with Crippen LogP contribution in [0.2, 0.25) is 0 Å². The molecule has 3 rings (SSSR count). The molecule has 1 fully saturated rings. The minimum atomic E-state index is -1.26. The Hall–Kier alpha value is -3.00. The maximum atomic E-state index is 12.0. The highest BCUT2D eigenvalue weighted by atomic mass is 32.2. The van der Waals surface area contributed by atoms with E-state index in [0.717, 1.165) is 10.5 Å². The van der Waals surface area contributed by atoms with Crippen LogP contribution in [0.3, 0.4) is 0 Å². The van der Waals surface area contributed by atoms with Gasteiger partial charge in [-0.3, -0.25) is 9.59 Å². The third-order valence-corrected chi connectivity index (χ3v) is 4.31. The fourth-order valence-electron chi connectivity index (χ4n) is 2.18. The lowest BCUT2D eigenvalue weighted by molar-refractivity contribution is -0.140. The van der Waals surface area contributed by atoms with Crippen LogP contribution in [0.1, 0.15) is 11.3 Å². The number of carboxylic acid groups (broad SMARTS) is 1. The molecular weight excluding hydrogens is 344 g/mol. The highest BCUT2D eigenvalue weighted by molar-refractivity contribution is 7.99. The largest absolute Gasteiger partial charge is 0.480 e. The fraction of sp³-hybridized carbons (Fsp3) is 0.118. The van der Waals surface area contributed by atoms with Crippen LogP contribution in [0.25, 0.3) is 6.08 Å². The van der Waals surface area contributed by atoms with E-state index >= 15 is 0 Å². The summed E-state index contributed by atoms with van der Waals surface area (Å²) in [6, 6.07) is 10.6. The summed E-state index contributed by atoms with van der Waals surface area (Å²) in [4.78, 5) is 36.0. The van der Waals surface area contributed by atoms with Crippen molar-refractivity contribution in [3.63, 3.8) is 0 Å². The molecule has 2 heterocycles. The van der Waals surface area contributed by atoms with Crippen molar-refractivity contribution in [3.05, 3.63) is 53.4 Å². The van der Waals surface area contributed by atoms with Gasteiger partial charge in [0.15, 0.2) is 5.09 Å².